The maximum absolute atomic E-state index is 11.0. The Labute approximate surface area is 79.0 Å². The van der Waals surface area contributed by atoms with Crippen molar-refractivity contribution in [3.05, 3.63) is 12.2 Å². The van der Waals surface area contributed by atoms with Crippen LogP contribution in [0.1, 0.15) is 32.6 Å². The van der Waals surface area contributed by atoms with Crippen molar-refractivity contribution < 1.29 is 9.53 Å². The van der Waals surface area contributed by atoms with Crippen LogP contribution in [0.15, 0.2) is 12.2 Å². The first kappa shape index (κ1) is 8.79. The van der Waals surface area contributed by atoms with E-state index in [0.29, 0.717) is 18.3 Å². The maximum Gasteiger partial charge on any atom is 0.306 e. The zero-order valence-electron chi connectivity index (χ0n) is 8.03. The normalized spacial score (nSPS) is 36.4. The van der Waals surface area contributed by atoms with Gasteiger partial charge in [0.1, 0.15) is 6.10 Å². The van der Waals surface area contributed by atoms with Crippen LogP contribution in [-0.4, -0.2) is 12.1 Å². The van der Waals surface area contributed by atoms with Crippen molar-refractivity contribution >= 4 is 5.97 Å². The van der Waals surface area contributed by atoms with Gasteiger partial charge in [-0.2, -0.15) is 0 Å². The quantitative estimate of drug-likeness (QED) is 0.492. The Hall–Kier alpha value is -0.790. The molecule has 2 nitrogen and oxygen atoms in total. The molecule has 0 aromatic carbocycles. The van der Waals surface area contributed by atoms with Gasteiger partial charge in [0.2, 0.25) is 0 Å². The van der Waals surface area contributed by atoms with E-state index >= 15 is 0 Å². The molecule has 1 fully saturated rings. The van der Waals surface area contributed by atoms with Crippen LogP contribution in [0.3, 0.4) is 0 Å². The molecule has 1 heterocycles. The molecule has 0 bridgehead atoms. The summed E-state index contributed by atoms with van der Waals surface area (Å²) < 4.78 is 5.17. The van der Waals surface area contributed by atoms with Gasteiger partial charge in [0, 0.05) is 5.92 Å². The Balaban J connectivity index is 1.93. The number of esters is 1. The third kappa shape index (κ3) is 1.62. The molecule has 0 aromatic heterocycles. The van der Waals surface area contributed by atoms with Crippen LogP contribution < -0.4 is 0 Å². The number of fused-ring (bicyclic) bond motifs is 1. The van der Waals surface area contributed by atoms with Gasteiger partial charge < -0.3 is 4.74 Å². The van der Waals surface area contributed by atoms with Crippen molar-refractivity contribution in [3.63, 3.8) is 0 Å². The second kappa shape index (κ2) is 3.52. The van der Waals surface area contributed by atoms with Crippen molar-refractivity contribution in [2.75, 3.05) is 0 Å². The van der Waals surface area contributed by atoms with Crippen LogP contribution in [-0.2, 0) is 9.53 Å². The van der Waals surface area contributed by atoms with E-state index in [1.807, 2.05) is 0 Å². The standard InChI is InChI=1S/C11H16O2/c1-2-3-4-8-5-6-10-9(8)7-11(12)13-10/h5-6,8-10H,2-4,7H2,1H3/t8-,9+,10-/m0/s1. The predicted octanol–water partition coefficient (Wildman–Crippen LogP) is 2.29. The summed E-state index contributed by atoms with van der Waals surface area (Å²) in [6.45, 7) is 2.20. The highest BCUT2D eigenvalue weighted by Crippen LogP contribution is 2.38. The number of allylic oxidation sites excluding steroid dienone is 1. The molecule has 0 amide bonds. The molecule has 3 atom stereocenters. The molecule has 0 saturated carbocycles. The molecular weight excluding hydrogens is 164 g/mol. The number of carbonyl (C=O) groups excluding carboxylic acids is 1. The van der Waals surface area contributed by atoms with Crippen molar-refractivity contribution in [1.82, 2.24) is 0 Å². The fourth-order valence-electron chi connectivity index (χ4n) is 2.32. The van der Waals surface area contributed by atoms with Gasteiger partial charge in [0.05, 0.1) is 6.42 Å². The number of hydrogen-bond acceptors (Lipinski definition) is 2. The van der Waals surface area contributed by atoms with Gasteiger partial charge in [-0.25, -0.2) is 0 Å². The summed E-state index contributed by atoms with van der Waals surface area (Å²) in [5.41, 5.74) is 0. The van der Waals surface area contributed by atoms with Gasteiger partial charge >= 0.3 is 5.97 Å². The Kier molecular flexibility index (Phi) is 2.38. The first-order valence-electron chi connectivity index (χ1n) is 5.19. The van der Waals surface area contributed by atoms with E-state index in [9.17, 15) is 4.79 Å². The number of hydrogen-bond donors (Lipinski definition) is 0. The van der Waals surface area contributed by atoms with Crippen LogP contribution in [0.2, 0.25) is 0 Å². The number of unbranched alkanes of at least 4 members (excludes halogenated alkanes) is 1. The lowest BCUT2D eigenvalue weighted by Crippen LogP contribution is -2.14. The van der Waals surface area contributed by atoms with Gasteiger partial charge in [-0.05, 0) is 18.4 Å². The van der Waals surface area contributed by atoms with Gasteiger partial charge in [0.25, 0.3) is 0 Å². The molecular formula is C11H16O2. The molecule has 2 heteroatoms. The van der Waals surface area contributed by atoms with Crippen LogP contribution in [0.5, 0.6) is 0 Å². The average Bonchev–Trinajstić information content (AvgIpc) is 2.61. The molecule has 1 aliphatic heterocycles. The lowest BCUT2D eigenvalue weighted by atomic mass is 9.89. The van der Waals surface area contributed by atoms with Gasteiger partial charge in [0.15, 0.2) is 0 Å². The van der Waals surface area contributed by atoms with E-state index in [4.69, 9.17) is 4.74 Å². The molecule has 2 rings (SSSR count). The molecule has 0 radical (unpaired) electrons. The maximum atomic E-state index is 11.0. The first-order chi connectivity index (χ1) is 6.31. The fraction of sp³-hybridized carbons (Fsp3) is 0.727. The summed E-state index contributed by atoms with van der Waals surface area (Å²) in [4.78, 5) is 11.0. The molecule has 0 spiro atoms. The Morgan fingerprint density at radius 2 is 2.38 bits per heavy atom. The Morgan fingerprint density at radius 3 is 3.15 bits per heavy atom. The van der Waals surface area contributed by atoms with Crippen LogP contribution in [0, 0.1) is 11.8 Å². The van der Waals surface area contributed by atoms with E-state index in [2.05, 4.69) is 19.1 Å². The predicted molar refractivity (Wildman–Crippen MR) is 50.1 cm³/mol. The SMILES string of the molecule is CCCC[C@H]1C=C[C@@H]2OC(=O)C[C@H]12. The van der Waals surface area contributed by atoms with Gasteiger partial charge in [-0.15, -0.1) is 0 Å². The zero-order chi connectivity index (χ0) is 9.26. The summed E-state index contributed by atoms with van der Waals surface area (Å²) in [5, 5.41) is 0. The monoisotopic (exact) mass is 180 g/mol. The molecule has 0 N–H and O–H groups in total. The van der Waals surface area contributed by atoms with Gasteiger partial charge in [-0.1, -0.05) is 25.8 Å². The van der Waals surface area contributed by atoms with E-state index in [1.54, 1.807) is 0 Å². The van der Waals surface area contributed by atoms with Crippen molar-refractivity contribution in [3.8, 4) is 0 Å². The fourth-order valence-corrected chi connectivity index (χ4v) is 2.32. The average molecular weight is 180 g/mol. The molecule has 2 aliphatic rings. The topological polar surface area (TPSA) is 26.3 Å². The summed E-state index contributed by atoms with van der Waals surface area (Å²) >= 11 is 0. The number of ether oxygens (including phenoxy) is 1. The lowest BCUT2D eigenvalue weighted by molar-refractivity contribution is -0.140. The summed E-state index contributed by atoms with van der Waals surface area (Å²) in [7, 11) is 0. The smallest absolute Gasteiger partial charge is 0.306 e. The summed E-state index contributed by atoms with van der Waals surface area (Å²) in [6.07, 6.45) is 8.74. The first-order valence-corrected chi connectivity index (χ1v) is 5.19. The number of rotatable bonds is 3. The van der Waals surface area contributed by atoms with E-state index in [-0.39, 0.29) is 12.1 Å². The van der Waals surface area contributed by atoms with Crippen LogP contribution in [0.4, 0.5) is 0 Å². The highest BCUT2D eigenvalue weighted by Gasteiger charge is 2.40. The largest absolute Gasteiger partial charge is 0.458 e. The van der Waals surface area contributed by atoms with Crippen molar-refractivity contribution in [2.45, 2.75) is 38.7 Å². The second-order valence-corrected chi connectivity index (χ2v) is 4.01. The highest BCUT2D eigenvalue weighted by molar-refractivity contribution is 5.73. The zero-order valence-corrected chi connectivity index (χ0v) is 8.03. The molecule has 72 valence electrons. The van der Waals surface area contributed by atoms with Crippen molar-refractivity contribution in [2.24, 2.45) is 11.8 Å². The minimum Gasteiger partial charge on any atom is -0.458 e. The Morgan fingerprint density at radius 1 is 1.54 bits per heavy atom. The summed E-state index contributed by atoms with van der Waals surface area (Å²) in [5.74, 6) is 1.04. The molecule has 1 aliphatic carbocycles. The third-order valence-corrected chi connectivity index (χ3v) is 3.08. The lowest BCUT2D eigenvalue weighted by Gasteiger charge is -2.14. The molecule has 1 saturated heterocycles. The van der Waals surface area contributed by atoms with Gasteiger partial charge in [-0.3, -0.25) is 4.79 Å². The third-order valence-electron chi connectivity index (χ3n) is 3.08. The van der Waals surface area contributed by atoms with Crippen LogP contribution in [0.25, 0.3) is 0 Å². The van der Waals surface area contributed by atoms with Crippen LogP contribution >= 0.6 is 0 Å². The van der Waals surface area contributed by atoms with E-state index < -0.39 is 0 Å². The minimum atomic E-state index is -0.0131. The van der Waals surface area contributed by atoms with Crippen molar-refractivity contribution in [1.29, 1.82) is 0 Å². The Bertz CT molecular complexity index is 232. The molecule has 13 heavy (non-hydrogen) atoms. The van der Waals surface area contributed by atoms with E-state index in [1.165, 1.54) is 19.3 Å². The second-order valence-electron chi connectivity index (χ2n) is 4.01. The highest BCUT2D eigenvalue weighted by atomic mass is 16.5. The molecule has 0 aromatic rings. The summed E-state index contributed by atoms with van der Waals surface area (Å²) in [6, 6.07) is 0. The number of carbonyl (C=O) groups is 1. The minimum absolute atomic E-state index is 0.0131. The van der Waals surface area contributed by atoms with E-state index in [0.717, 1.165) is 0 Å². The molecule has 0 unspecified atom stereocenters.